The van der Waals surface area contributed by atoms with Gasteiger partial charge in [0, 0.05) is 25.2 Å². The summed E-state index contributed by atoms with van der Waals surface area (Å²) in [6.45, 7) is 8.99. The van der Waals surface area contributed by atoms with Crippen LogP contribution >= 0.6 is 0 Å². The summed E-state index contributed by atoms with van der Waals surface area (Å²) in [5, 5.41) is 7.23. The van der Waals surface area contributed by atoms with Crippen LogP contribution in [0.2, 0.25) is 0 Å². The molecule has 1 N–H and O–H groups in total. The summed E-state index contributed by atoms with van der Waals surface area (Å²) < 4.78 is 12.0. The molecule has 1 saturated heterocycles. The number of amides is 1. The summed E-state index contributed by atoms with van der Waals surface area (Å²) in [6.07, 6.45) is 2.41. The fourth-order valence-electron chi connectivity index (χ4n) is 3.26. The van der Waals surface area contributed by atoms with Gasteiger partial charge in [0.05, 0.1) is 37.4 Å². The summed E-state index contributed by atoms with van der Waals surface area (Å²) in [4.78, 5) is 26.6. The van der Waals surface area contributed by atoms with Crippen LogP contribution in [0.25, 0.3) is 5.69 Å². The zero-order valence-corrected chi connectivity index (χ0v) is 17.0. The highest BCUT2D eigenvalue weighted by molar-refractivity contribution is 5.94. The van der Waals surface area contributed by atoms with Crippen LogP contribution in [0.3, 0.4) is 0 Å². The van der Waals surface area contributed by atoms with Gasteiger partial charge in [-0.15, -0.1) is 0 Å². The standard InChI is InChI=1S/C21H28N4O4/c1-3-29-21(27)19-15-23-25(16(19)2)18-7-5-17(6-8-18)20(26)22-9-4-10-24-11-13-28-14-12-24/h5-8,15H,3-4,9-14H2,1-2H3,(H,22,26). The molecule has 0 unspecified atom stereocenters. The Bertz CT molecular complexity index is 826. The Hall–Kier alpha value is -2.71. The normalized spacial score (nSPS) is 14.6. The Kier molecular flexibility index (Phi) is 7.37. The van der Waals surface area contributed by atoms with Gasteiger partial charge in [-0.2, -0.15) is 5.10 Å². The summed E-state index contributed by atoms with van der Waals surface area (Å²) >= 11 is 0. The number of esters is 1. The van der Waals surface area contributed by atoms with Gasteiger partial charge in [0.2, 0.25) is 0 Å². The fraction of sp³-hybridized carbons (Fsp3) is 0.476. The molecular formula is C21H28N4O4. The molecular weight excluding hydrogens is 372 g/mol. The first-order valence-corrected chi connectivity index (χ1v) is 10.0. The SMILES string of the molecule is CCOC(=O)c1cnn(-c2ccc(C(=O)NCCCN3CCOCC3)cc2)c1C. The van der Waals surface area contributed by atoms with Crippen molar-refractivity contribution in [3.8, 4) is 5.69 Å². The molecule has 1 fully saturated rings. The van der Waals surface area contributed by atoms with Gasteiger partial charge >= 0.3 is 5.97 Å². The molecule has 0 bridgehead atoms. The topological polar surface area (TPSA) is 85.7 Å². The minimum atomic E-state index is -0.385. The number of nitrogens with zero attached hydrogens (tertiary/aromatic N) is 3. The van der Waals surface area contributed by atoms with E-state index in [2.05, 4.69) is 15.3 Å². The second kappa shape index (κ2) is 10.2. The average molecular weight is 400 g/mol. The highest BCUT2D eigenvalue weighted by Crippen LogP contribution is 2.16. The molecule has 1 aliphatic rings. The van der Waals surface area contributed by atoms with Gasteiger partial charge in [-0.3, -0.25) is 9.69 Å². The molecule has 156 valence electrons. The van der Waals surface area contributed by atoms with Gasteiger partial charge in [0.1, 0.15) is 5.56 Å². The lowest BCUT2D eigenvalue weighted by Crippen LogP contribution is -2.38. The minimum Gasteiger partial charge on any atom is -0.462 e. The van der Waals surface area contributed by atoms with E-state index in [1.807, 2.05) is 19.1 Å². The maximum atomic E-state index is 12.3. The van der Waals surface area contributed by atoms with Gasteiger partial charge in [-0.25, -0.2) is 9.48 Å². The molecule has 0 saturated carbocycles. The van der Waals surface area contributed by atoms with Crippen LogP contribution in [0.1, 0.15) is 39.8 Å². The Morgan fingerprint density at radius 3 is 2.62 bits per heavy atom. The Morgan fingerprint density at radius 1 is 1.21 bits per heavy atom. The molecule has 0 spiro atoms. The van der Waals surface area contributed by atoms with Crippen LogP contribution in [0.4, 0.5) is 0 Å². The third kappa shape index (κ3) is 5.42. The maximum absolute atomic E-state index is 12.3. The third-order valence-corrected chi connectivity index (χ3v) is 4.92. The molecule has 1 amide bonds. The van der Waals surface area contributed by atoms with E-state index < -0.39 is 0 Å². The van der Waals surface area contributed by atoms with Crippen molar-refractivity contribution in [1.82, 2.24) is 20.0 Å². The second-order valence-electron chi connectivity index (χ2n) is 6.89. The molecule has 29 heavy (non-hydrogen) atoms. The lowest BCUT2D eigenvalue weighted by molar-refractivity contribution is 0.0374. The molecule has 2 aromatic rings. The number of ether oxygens (including phenoxy) is 2. The number of hydrogen-bond donors (Lipinski definition) is 1. The zero-order chi connectivity index (χ0) is 20.6. The van der Waals surface area contributed by atoms with Crippen molar-refractivity contribution in [2.24, 2.45) is 0 Å². The largest absolute Gasteiger partial charge is 0.462 e. The number of hydrogen-bond acceptors (Lipinski definition) is 6. The number of morpholine rings is 1. The van der Waals surface area contributed by atoms with E-state index >= 15 is 0 Å². The van der Waals surface area contributed by atoms with E-state index in [0.717, 1.165) is 45.0 Å². The first-order chi connectivity index (χ1) is 14.1. The number of nitrogens with one attached hydrogen (secondary N) is 1. The van der Waals surface area contributed by atoms with Crippen molar-refractivity contribution in [3.63, 3.8) is 0 Å². The average Bonchev–Trinajstić information content (AvgIpc) is 3.13. The number of aromatic nitrogens is 2. The van der Waals surface area contributed by atoms with E-state index in [4.69, 9.17) is 9.47 Å². The van der Waals surface area contributed by atoms with E-state index in [1.165, 1.54) is 6.20 Å². The first-order valence-electron chi connectivity index (χ1n) is 10.0. The molecule has 3 rings (SSSR count). The summed E-state index contributed by atoms with van der Waals surface area (Å²) in [5.74, 6) is -0.479. The van der Waals surface area contributed by atoms with E-state index in [0.29, 0.717) is 30.0 Å². The van der Waals surface area contributed by atoms with Gasteiger partial charge in [-0.1, -0.05) is 0 Å². The fourth-order valence-corrected chi connectivity index (χ4v) is 3.26. The molecule has 8 heteroatoms. The van der Waals surface area contributed by atoms with Crippen molar-refractivity contribution in [2.45, 2.75) is 20.3 Å². The molecule has 1 aliphatic heterocycles. The van der Waals surface area contributed by atoms with Crippen molar-refractivity contribution >= 4 is 11.9 Å². The molecule has 8 nitrogen and oxygen atoms in total. The highest BCUT2D eigenvalue weighted by atomic mass is 16.5. The lowest BCUT2D eigenvalue weighted by Gasteiger charge is -2.26. The summed E-state index contributed by atoms with van der Waals surface area (Å²) in [7, 11) is 0. The van der Waals surface area contributed by atoms with Crippen LogP contribution in [-0.4, -0.2) is 72.6 Å². The van der Waals surface area contributed by atoms with Crippen molar-refractivity contribution < 1.29 is 19.1 Å². The molecule has 1 aromatic heterocycles. The Labute approximate surface area is 170 Å². The van der Waals surface area contributed by atoms with Crippen LogP contribution in [0.5, 0.6) is 0 Å². The quantitative estimate of drug-likeness (QED) is 0.537. The molecule has 0 radical (unpaired) electrons. The van der Waals surface area contributed by atoms with E-state index in [1.54, 1.807) is 23.7 Å². The van der Waals surface area contributed by atoms with Crippen LogP contribution in [-0.2, 0) is 9.47 Å². The third-order valence-electron chi connectivity index (χ3n) is 4.92. The van der Waals surface area contributed by atoms with Gasteiger partial charge < -0.3 is 14.8 Å². The summed E-state index contributed by atoms with van der Waals surface area (Å²) in [5.41, 5.74) is 2.51. The van der Waals surface area contributed by atoms with Crippen molar-refractivity contribution in [2.75, 3.05) is 46.0 Å². The van der Waals surface area contributed by atoms with Gasteiger partial charge in [0.15, 0.2) is 0 Å². The molecule has 2 heterocycles. The zero-order valence-electron chi connectivity index (χ0n) is 17.0. The number of benzene rings is 1. The second-order valence-corrected chi connectivity index (χ2v) is 6.89. The number of carbonyl (C=O) groups is 2. The van der Waals surface area contributed by atoms with E-state index in [9.17, 15) is 9.59 Å². The molecule has 1 aromatic carbocycles. The monoisotopic (exact) mass is 400 g/mol. The first kappa shape index (κ1) is 21.0. The van der Waals surface area contributed by atoms with E-state index in [-0.39, 0.29) is 11.9 Å². The van der Waals surface area contributed by atoms with Crippen molar-refractivity contribution in [3.05, 3.63) is 47.3 Å². The highest BCUT2D eigenvalue weighted by Gasteiger charge is 2.16. The minimum absolute atomic E-state index is 0.0945. The predicted molar refractivity (Wildman–Crippen MR) is 108 cm³/mol. The Balaban J connectivity index is 1.53. The van der Waals surface area contributed by atoms with Crippen LogP contribution in [0, 0.1) is 6.92 Å². The lowest BCUT2D eigenvalue weighted by atomic mass is 10.2. The number of carbonyl (C=O) groups excluding carboxylic acids is 2. The van der Waals surface area contributed by atoms with Crippen molar-refractivity contribution in [1.29, 1.82) is 0 Å². The number of rotatable bonds is 8. The predicted octanol–water partition coefficient (Wildman–Crippen LogP) is 1.81. The Morgan fingerprint density at radius 2 is 1.93 bits per heavy atom. The summed E-state index contributed by atoms with van der Waals surface area (Å²) in [6, 6.07) is 7.16. The van der Waals surface area contributed by atoms with Gasteiger partial charge in [0.25, 0.3) is 5.91 Å². The smallest absolute Gasteiger partial charge is 0.341 e. The van der Waals surface area contributed by atoms with Crippen LogP contribution in [0.15, 0.2) is 30.5 Å². The molecule has 0 atom stereocenters. The van der Waals surface area contributed by atoms with Crippen LogP contribution < -0.4 is 5.32 Å². The van der Waals surface area contributed by atoms with Gasteiger partial charge in [-0.05, 0) is 51.1 Å². The molecule has 0 aliphatic carbocycles. The maximum Gasteiger partial charge on any atom is 0.341 e.